The van der Waals surface area contributed by atoms with Crippen molar-refractivity contribution in [3.05, 3.63) is 81.5 Å². The standard InChI is InChI=1S/C30H32ClN7O4/c1-5-10-25-32-18(3)28-30(40)34-29(36-38(25)28)20-15-19(13-14-24(20)42-6-2)22-16-26(33-27(39)17-41-4)37(35-22)23-12-9-7-8-11-21(23)31/h7-9,11-16,23H,5-6,10,17H2,1-4H3,(H,33,39)(H,34,36,40). The summed E-state index contributed by atoms with van der Waals surface area (Å²) in [5, 5.41) is 13.0. The average Bonchev–Trinajstić information content (AvgIpc) is 3.43. The van der Waals surface area contributed by atoms with E-state index in [0.29, 0.717) is 63.5 Å². The first kappa shape index (κ1) is 29.0. The summed E-state index contributed by atoms with van der Waals surface area (Å²) in [7, 11) is 1.45. The predicted octanol–water partition coefficient (Wildman–Crippen LogP) is 4.98. The fourth-order valence-corrected chi connectivity index (χ4v) is 5.06. The van der Waals surface area contributed by atoms with Gasteiger partial charge < -0.3 is 19.8 Å². The zero-order valence-electron chi connectivity index (χ0n) is 23.8. The Morgan fingerprint density at radius 3 is 2.76 bits per heavy atom. The number of methoxy groups -OCH3 is 1. The number of nitrogens with zero attached hydrogens (tertiary/aromatic N) is 5. The van der Waals surface area contributed by atoms with Crippen LogP contribution in [0.1, 0.15) is 37.8 Å². The van der Waals surface area contributed by atoms with E-state index < -0.39 is 6.04 Å². The Balaban J connectivity index is 1.65. The molecule has 0 aliphatic heterocycles. The van der Waals surface area contributed by atoms with Crippen LogP contribution in [0.5, 0.6) is 5.75 Å². The number of amides is 1. The van der Waals surface area contributed by atoms with E-state index in [1.54, 1.807) is 28.3 Å². The van der Waals surface area contributed by atoms with Crippen molar-refractivity contribution in [2.45, 2.75) is 39.7 Å². The number of anilines is 1. The fraction of sp³-hybridized carbons (Fsp3) is 0.300. The second kappa shape index (κ2) is 12.6. The summed E-state index contributed by atoms with van der Waals surface area (Å²) in [5.41, 5.74) is 2.62. The molecular weight excluding hydrogens is 558 g/mol. The number of aromatic nitrogens is 6. The van der Waals surface area contributed by atoms with Crippen molar-refractivity contribution in [1.82, 2.24) is 29.4 Å². The molecule has 1 aromatic carbocycles. The summed E-state index contributed by atoms with van der Waals surface area (Å²) >= 11 is 6.60. The number of fused-ring (bicyclic) bond motifs is 1. The quantitative estimate of drug-likeness (QED) is 0.267. The number of ether oxygens (including phenoxy) is 2. The van der Waals surface area contributed by atoms with Crippen molar-refractivity contribution in [2.24, 2.45) is 0 Å². The number of nitrogens with one attached hydrogen (secondary N) is 2. The van der Waals surface area contributed by atoms with E-state index in [1.807, 2.05) is 49.4 Å². The third kappa shape index (κ3) is 5.79. The number of benzene rings is 1. The first-order valence-corrected chi connectivity index (χ1v) is 14.1. The third-order valence-electron chi connectivity index (χ3n) is 6.64. The molecule has 3 heterocycles. The summed E-state index contributed by atoms with van der Waals surface area (Å²) < 4.78 is 14.2. The molecular formula is C30H32ClN7O4. The monoisotopic (exact) mass is 589 g/mol. The Morgan fingerprint density at radius 1 is 1.17 bits per heavy atom. The van der Waals surface area contributed by atoms with Crippen LogP contribution in [0.25, 0.3) is 28.2 Å². The van der Waals surface area contributed by atoms with Crippen molar-refractivity contribution in [3.63, 3.8) is 0 Å². The van der Waals surface area contributed by atoms with Crippen LogP contribution in [0.15, 0.2) is 64.5 Å². The Kier molecular flexibility index (Phi) is 8.69. The first-order valence-electron chi connectivity index (χ1n) is 13.7. The van der Waals surface area contributed by atoms with Gasteiger partial charge in [0.1, 0.15) is 30.0 Å². The number of hydrogen-bond acceptors (Lipinski definition) is 7. The molecule has 0 spiro atoms. The SMILES string of the molecule is CCCc1nc(C)c2c(=O)[nH]c(-c3cc(-c4cc(NC(=O)COC)n(C5C=CC=CC=C5Cl)n4)ccc3OCC)nn12. The van der Waals surface area contributed by atoms with E-state index in [0.717, 1.165) is 12.2 Å². The molecule has 218 valence electrons. The maximum absolute atomic E-state index is 13.2. The van der Waals surface area contributed by atoms with Crippen LogP contribution in [-0.2, 0) is 16.0 Å². The van der Waals surface area contributed by atoms with Crippen LogP contribution in [0, 0.1) is 6.92 Å². The first-order chi connectivity index (χ1) is 20.3. The minimum atomic E-state index is -0.447. The molecule has 1 aliphatic carbocycles. The average molecular weight is 590 g/mol. The molecule has 1 atom stereocenters. The summed E-state index contributed by atoms with van der Waals surface area (Å²) in [5.74, 6) is 1.72. The van der Waals surface area contributed by atoms with Gasteiger partial charge in [-0.2, -0.15) is 5.10 Å². The molecule has 0 fully saturated rings. The highest BCUT2D eigenvalue weighted by atomic mass is 35.5. The number of hydrogen-bond donors (Lipinski definition) is 2. The Labute approximate surface area is 247 Å². The van der Waals surface area contributed by atoms with Gasteiger partial charge in [-0.15, -0.1) is 5.10 Å². The number of H-pyrrole nitrogens is 1. The van der Waals surface area contributed by atoms with Gasteiger partial charge in [-0.1, -0.05) is 42.8 Å². The molecule has 3 aromatic heterocycles. The van der Waals surface area contributed by atoms with Crippen molar-refractivity contribution >= 4 is 28.8 Å². The van der Waals surface area contributed by atoms with Crippen LogP contribution in [-0.4, -0.2) is 55.6 Å². The zero-order valence-corrected chi connectivity index (χ0v) is 24.6. The van der Waals surface area contributed by atoms with Crippen LogP contribution in [0.2, 0.25) is 0 Å². The molecule has 12 heteroatoms. The van der Waals surface area contributed by atoms with E-state index in [4.69, 9.17) is 31.3 Å². The highest BCUT2D eigenvalue weighted by Crippen LogP contribution is 2.35. The molecule has 0 saturated heterocycles. The van der Waals surface area contributed by atoms with Gasteiger partial charge in [-0.05, 0) is 44.5 Å². The number of imidazole rings is 1. The van der Waals surface area contributed by atoms with Gasteiger partial charge in [0.2, 0.25) is 0 Å². The lowest BCUT2D eigenvalue weighted by Crippen LogP contribution is -2.21. The summed E-state index contributed by atoms with van der Waals surface area (Å²) in [6.45, 7) is 6.04. The van der Waals surface area contributed by atoms with Crippen LogP contribution in [0.3, 0.4) is 0 Å². The van der Waals surface area contributed by atoms with Crippen LogP contribution < -0.4 is 15.6 Å². The lowest BCUT2D eigenvalue weighted by Gasteiger charge is -2.16. The van der Waals surface area contributed by atoms with Crippen LogP contribution >= 0.6 is 11.6 Å². The Bertz CT molecular complexity index is 1780. The summed E-state index contributed by atoms with van der Waals surface area (Å²) in [4.78, 5) is 33.2. The number of halogens is 1. The highest BCUT2D eigenvalue weighted by Gasteiger charge is 2.22. The molecule has 0 saturated carbocycles. The molecule has 2 N–H and O–H groups in total. The normalized spacial score (nSPS) is 14.7. The molecule has 1 unspecified atom stereocenters. The van der Waals surface area contributed by atoms with Gasteiger partial charge in [-0.25, -0.2) is 14.2 Å². The molecule has 1 amide bonds. The van der Waals surface area contributed by atoms with Gasteiger partial charge in [0.25, 0.3) is 11.5 Å². The number of rotatable bonds is 10. The number of carbonyl (C=O) groups is 1. The Morgan fingerprint density at radius 2 is 2.00 bits per heavy atom. The maximum Gasteiger partial charge on any atom is 0.277 e. The molecule has 4 aromatic rings. The van der Waals surface area contributed by atoms with E-state index >= 15 is 0 Å². The largest absolute Gasteiger partial charge is 0.493 e. The molecule has 42 heavy (non-hydrogen) atoms. The van der Waals surface area contributed by atoms with E-state index in [9.17, 15) is 9.59 Å². The molecule has 11 nitrogen and oxygen atoms in total. The lowest BCUT2D eigenvalue weighted by molar-refractivity contribution is -0.119. The van der Waals surface area contributed by atoms with Gasteiger partial charge in [0.05, 0.1) is 23.6 Å². The maximum atomic E-state index is 13.2. The molecule has 5 rings (SSSR count). The minimum Gasteiger partial charge on any atom is -0.493 e. The predicted molar refractivity (Wildman–Crippen MR) is 162 cm³/mol. The van der Waals surface area contributed by atoms with Gasteiger partial charge in [0, 0.05) is 30.2 Å². The minimum absolute atomic E-state index is 0.116. The van der Waals surface area contributed by atoms with E-state index in [-0.39, 0.29) is 18.1 Å². The molecule has 1 aliphatic rings. The lowest BCUT2D eigenvalue weighted by atomic mass is 10.1. The third-order valence-corrected chi connectivity index (χ3v) is 6.99. The van der Waals surface area contributed by atoms with Gasteiger partial charge >= 0.3 is 0 Å². The zero-order chi connectivity index (χ0) is 29.8. The van der Waals surface area contributed by atoms with Crippen molar-refractivity contribution in [1.29, 1.82) is 0 Å². The summed E-state index contributed by atoms with van der Waals surface area (Å²) in [6, 6.07) is 6.85. The van der Waals surface area contributed by atoms with E-state index in [2.05, 4.69) is 22.2 Å². The highest BCUT2D eigenvalue weighted by molar-refractivity contribution is 6.30. The second-order valence-electron chi connectivity index (χ2n) is 9.68. The summed E-state index contributed by atoms with van der Waals surface area (Å²) in [6.07, 6.45) is 10.8. The topological polar surface area (TPSA) is 128 Å². The number of aryl methyl sites for hydroxylation is 2. The Hall–Kier alpha value is -4.48. The van der Waals surface area contributed by atoms with Crippen LogP contribution in [0.4, 0.5) is 5.82 Å². The number of allylic oxidation sites excluding steroid dienone is 6. The van der Waals surface area contributed by atoms with Gasteiger partial charge in [0.15, 0.2) is 11.3 Å². The molecule has 0 radical (unpaired) electrons. The smallest absolute Gasteiger partial charge is 0.277 e. The number of aromatic amines is 1. The fourth-order valence-electron chi connectivity index (χ4n) is 4.82. The van der Waals surface area contributed by atoms with Gasteiger partial charge in [-0.3, -0.25) is 9.59 Å². The van der Waals surface area contributed by atoms with Crippen molar-refractivity contribution < 1.29 is 14.3 Å². The van der Waals surface area contributed by atoms with E-state index in [1.165, 1.54) is 7.11 Å². The molecule has 0 bridgehead atoms. The second-order valence-corrected chi connectivity index (χ2v) is 10.1. The number of carbonyl (C=O) groups excluding carboxylic acids is 1. The van der Waals surface area contributed by atoms with Crippen molar-refractivity contribution in [3.8, 4) is 28.4 Å². The van der Waals surface area contributed by atoms with Crippen molar-refractivity contribution in [2.75, 3.05) is 25.6 Å².